The Labute approximate surface area is 93.7 Å². The van der Waals surface area contributed by atoms with Crippen LogP contribution in [0.4, 0.5) is 4.39 Å². The molecule has 14 heavy (non-hydrogen) atoms. The summed E-state index contributed by atoms with van der Waals surface area (Å²) >= 11 is 3.48. The second-order valence-corrected chi connectivity index (χ2v) is 5.06. The molecular formula is C12H16BrF. The molecule has 0 radical (unpaired) electrons. The van der Waals surface area contributed by atoms with E-state index in [-0.39, 0.29) is 11.7 Å². The van der Waals surface area contributed by atoms with Crippen LogP contribution in [0.15, 0.2) is 16.6 Å². The van der Waals surface area contributed by atoms with E-state index in [2.05, 4.69) is 29.8 Å². The molecule has 0 aliphatic carbocycles. The number of hydrogen-bond acceptors (Lipinski definition) is 0. The van der Waals surface area contributed by atoms with Crippen molar-refractivity contribution in [2.24, 2.45) is 0 Å². The molecule has 0 amide bonds. The first kappa shape index (κ1) is 11.7. The van der Waals surface area contributed by atoms with Crippen molar-refractivity contribution in [1.82, 2.24) is 0 Å². The van der Waals surface area contributed by atoms with E-state index in [1.165, 1.54) is 0 Å². The van der Waals surface area contributed by atoms with E-state index in [0.717, 1.165) is 15.6 Å². The van der Waals surface area contributed by atoms with Gasteiger partial charge in [0.05, 0.1) is 0 Å². The summed E-state index contributed by atoms with van der Waals surface area (Å²) in [4.78, 5) is 0. The number of benzene rings is 1. The minimum Gasteiger partial charge on any atom is -0.207 e. The Bertz CT molecular complexity index is 296. The summed E-state index contributed by atoms with van der Waals surface area (Å²) < 4.78 is 14.6. The summed E-state index contributed by atoms with van der Waals surface area (Å²) in [5.74, 6) is 0.486. The van der Waals surface area contributed by atoms with Crippen molar-refractivity contribution in [3.05, 3.63) is 33.5 Å². The van der Waals surface area contributed by atoms with Gasteiger partial charge in [0.1, 0.15) is 5.82 Å². The Hall–Kier alpha value is -0.370. The summed E-state index contributed by atoms with van der Waals surface area (Å²) in [5.41, 5.74) is 1.81. The molecule has 0 nitrogen and oxygen atoms in total. The second-order valence-electron chi connectivity index (χ2n) is 4.20. The summed E-state index contributed by atoms with van der Waals surface area (Å²) in [7, 11) is 0. The lowest BCUT2D eigenvalue weighted by Crippen LogP contribution is -1.98. The van der Waals surface area contributed by atoms with E-state index in [4.69, 9.17) is 0 Å². The number of hydrogen-bond donors (Lipinski definition) is 0. The first-order valence-electron chi connectivity index (χ1n) is 4.92. The maximum Gasteiger partial charge on any atom is 0.127 e. The van der Waals surface area contributed by atoms with E-state index in [1.54, 1.807) is 6.07 Å². The van der Waals surface area contributed by atoms with Gasteiger partial charge in [0.25, 0.3) is 0 Å². The Morgan fingerprint density at radius 3 is 1.93 bits per heavy atom. The largest absolute Gasteiger partial charge is 0.207 e. The van der Waals surface area contributed by atoms with Crippen molar-refractivity contribution in [3.63, 3.8) is 0 Å². The van der Waals surface area contributed by atoms with Gasteiger partial charge in [-0.05, 0) is 35.1 Å². The van der Waals surface area contributed by atoms with Gasteiger partial charge in [-0.15, -0.1) is 0 Å². The van der Waals surface area contributed by atoms with Crippen LogP contribution in [0.3, 0.4) is 0 Å². The Morgan fingerprint density at radius 1 is 1.00 bits per heavy atom. The van der Waals surface area contributed by atoms with Crippen LogP contribution in [0, 0.1) is 5.82 Å². The van der Waals surface area contributed by atoms with Crippen molar-refractivity contribution >= 4 is 15.9 Å². The molecule has 1 aromatic carbocycles. The summed E-state index contributed by atoms with van der Waals surface area (Å²) in [6.07, 6.45) is 0. The standard InChI is InChI=1S/C12H16BrF/c1-7(2)9-6-12(14)10(8(3)4)5-11(9)13/h5-8H,1-4H3. The summed E-state index contributed by atoms with van der Waals surface area (Å²) in [6, 6.07) is 3.54. The Kier molecular flexibility index (Phi) is 3.71. The van der Waals surface area contributed by atoms with Gasteiger partial charge in [0, 0.05) is 4.47 Å². The van der Waals surface area contributed by atoms with Gasteiger partial charge in [0.15, 0.2) is 0 Å². The van der Waals surface area contributed by atoms with Crippen LogP contribution in [-0.2, 0) is 0 Å². The van der Waals surface area contributed by atoms with Crippen LogP contribution in [-0.4, -0.2) is 0 Å². The highest BCUT2D eigenvalue weighted by atomic mass is 79.9. The second kappa shape index (κ2) is 4.43. The molecule has 1 rings (SSSR count). The van der Waals surface area contributed by atoms with Crippen LogP contribution >= 0.6 is 15.9 Å². The van der Waals surface area contributed by atoms with Gasteiger partial charge in [-0.1, -0.05) is 43.6 Å². The van der Waals surface area contributed by atoms with Crippen molar-refractivity contribution < 1.29 is 4.39 Å². The van der Waals surface area contributed by atoms with E-state index >= 15 is 0 Å². The molecule has 2 heteroatoms. The molecule has 0 aromatic heterocycles. The average molecular weight is 259 g/mol. The molecule has 0 atom stereocenters. The van der Waals surface area contributed by atoms with E-state index in [0.29, 0.717) is 5.92 Å². The molecule has 0 bridgehead atoms. The molecule has 0 saturated heterocycles. The van der Waals surface area contributed by atoms with Gasteiger partial charge in [0.2, 0.25) is 0 Å². The van der Waals surface area contributed by atoms with Crippen LogP contribution in [0.25, 0.3) is 0 Å². The molecular weight excluding hydrogens is 243 g/mol. The molecule has 0 N–H and O–H groups in total. The van der Waals surface area contributed by atoms with Crippen LogP contribution in [0.5, 0.6) is 0 Å². The molecule has 0 fully saturated rings. The van der Waals surface area contributed by atoms with E-state index < -0.39 is 0 Å². The predicted molar refractivity (Wildman–Crippen MR) is 62.3 cm³/mol. The van der Waals surface area contributed by atoms with E-state index in [1.807, 2.05) is 19.9 Å². The molecule has 0 aliphatic rings. The zero-order valence-corrected chi connectivity index (χ0v) is 10.7. The topological polar surface area (TPSA) is 0 Å². The van der Waals surface area contributed by atoms with Gasteiger partial charge in [-0.25, -0.2) is 4.39 Å². The molecule has 1 aromatic rings. The smallest absolute Gasteiger partial charge is 0.127 e. The van der Waals surface area contributed by atoms with Crippen molar-refractivity contribution in [3.8, 4) is 0 Å². The Morgan fingerprint density at radius 2 is 1.50 bits per heavy atom. The molecule has 0 aliphatic heterocycles. The van der Waals surface area contributed by atoms with E-state index in [9.17, 15) is 4.39 Å². The third-order valence-electron chi connectivity index (χ3n) is 2.36. The first-order chi connectivity index (χ1) is 6.43. The normalized spacial score (nSPS) is 11.4. The summed E-state index contributed by atoms with van der Waals surface area (Å²) in [5, 5.41) is 0. The highest BCUT2D eigenvalue weighted by molar-refractivity contribution is 9.10. The molecule has 78 valence electrons. The fourth-order valence-corrected chi connectivity index (χ4v) is 2.28. The quantitative estimate of drug-likeness (QED) is 0.713. The van der Waals surface area contributed by atoms with Crippen LogP contribution < -0.4 is 0 Å². The van der Waals surface area contributed by atoms with Gasteiger partial charge in [-0.3, -0.25) is 0 Å². The zero-order valence-electron chi connectivity index (χ0n) is 9.07. The van der Waals surface area contributed by atoms with Crippen molar-refractivity contribution in [2.75, 3.05) is 0 Å². The summed E-state index contributed by atoms with van der Waals surface area (Å²) in [6.45, 7) is 8.13. The zero-order chi connectivity index (χ0) is 10.9. The average Bonchev–Trinajstić information content (AvgIpc) is 2.07. The lowest BCUT2D eigenvalue weighted by Gasteiger charge is -2.13. The fourth-order valence-electron chi connectivity index (χ4n) is 1.46. The maximum absolute atomic E-state index is 13.6. The van der Waals surface area contributed by atoms with Crippen LogP contribution in [0.2, 0.25) is 0 Å². The maximum atomic E-state index is 13.6. The predicted octanol–water partition coefficient (Wildman–Crippen LogP) is 4.84. The number of halogens is 2. The first-order valence-corrected chi connectivity index (χ1v) is 5.71. The molecule has 0 unspecified atom stereocenters. The van der Waals surface area contributed by atoms with Gasteiger partial charge in [-0.2, -0.15) is 0 Å². The molecule has 0 heterocycles. The molecule has 0 spiro atoms. The van der Waals surface area contributed by atoms with Crippen molar-refractivity contribution in [2.45, 2.75) is 39.5 Å². The fraction of sp³-hybridized carbons (Fsp3) is 0.500. The lowest BCUT2D eigenvalue weighted by atomic mass is 9.97. The van der Waals surface area contributed by atoms with Crippen LogP contribution in [0.1, 0.15) is 50.7 Å². The SMILES string of the molecule is CC(C)c1cc(Br)c(C(C)C)cc1F. The third kappa shape index (κ3) is 2.35. The van der Waals surface area contributed by atoms with Gasteiger partial charge < -0.3 is 0 Å². The minimum absolute atomic E-state index is 0.0908. The monoisotopic (exact) mass is 258 g/mol. The Balaban J connectivity index is 3.24. The molecule has 0 saturated carbocycles. The van der Waals surface area contributed by atoms with Gasteiger partial charge >= 0.3 is 0 Å². The highest BCUT2D eigenvalue weighted by Crippen LogP contribution is 2.30. The highest BCUT2D eigenvalue weighted by Gasteiger charge is 2.12. The minimum atomic E-state index is -0.0908. The van der Waals surface area contributed by atoms with Crippen molar-refractivity contribution in [1.29, 1.82) is 0 Å². The third-order valence-corrected chi connectivity index (χ3v) is 3.05. The number of rotatable bonds is 2. The lowest BCUT2D eigenvalue weighted by molar-refractivity contribution is 0.593.